The maximum atomic E-state index is 11.4. The van der Waals surface area contributed by atoms with Gasteiger partial charge in [-0.1, -0.05) is 31.8 Å². The Morgan fingerprint density at radius 2 is 1.87 bits per heavy atom. The minimum Gasteiger partial charge on any atom is -0.463 e. The third kappa shape index (κ3) is 4.50. The predicted molar refractivity (Wildman–Crippen MR) is 61.6 cm³/mol. The number of carbonyl (C=O) groups excluding carboxylic acids is 1. The Morgan fingerprint density at radius 1 is 1.27 bits per heavy atom. The van der Waals surface area contributed by atoms with Gasteiger partial charge in [0.15, 0.2) is 0 Å². The summed E-state index contributed by atoms with van der Waals surface area (Å²) in [5.74, 6) is 0.443. The summed E-state index contributed by atoms with van der Waals surface area (Å²) in [6.07, 6.45) is 9.89. The van der Waals surface area contributed by atoms with Gasteiger partial charge in [-0.25, -0.2) is 4.79 Å². The third-order valence-electron chi connectivity index (χ3n) is 2.98. The van der Waals surface area contributed by atoms with Gasteiger partial charge >= 0.3 is 5.97 Å². The molecule has 2 heteroatoms. The fourth-order valence-corrected chi connectivity index (χ4v) is 2.14. The van der Waals surface area contributed by atoms with Crippen molar-refractivity contribution < 1.29 is 9.53 Å². The first kappa shape index (κ1) is 12.3. The highest BCUT2D eigenvalue weighted by molar-refractivity contribution is 5.87. The number of allylic oxidation sites excluding steroid dienone is 1. The molecule has 1 saturated carbocycles. The smallest absolute Gasteiger partial charge is 0.333 e. The number of rotatable bonds is 3. The van der Waals surface area contributed by atoms with E-state index in [0.717, 1.165) is 5.57 Å². The second kappa shape index (κ2) is 6.65. The van der Waals surface area contributed by atoms with Crippen molar-refractivity contribution in [1.82, 2.24) is 0 Å². The highest BCUT2D eigenvalue weighted by atomic mass is 16.5. The fraction of sp³-hybridized carbons (Fsp3) is 0.769. The molecule has 1 aliphatic rings. The SMILES string of the molecule is CCOC(=O)C(C)=CC1CCCCCC1. The lowest BCUT2D eigenvalue weighted by Crippen LogP contribution is -2.07. The topological polar surface area (TPSA) is 26.3 Å². The van der Waals surface area contributed by atoms with Crippen LogP contribution in [-0.4, -0.2) is 12.6 Å². The molecule has 0 radical (unpaired) electrons. The molecule has 0 unspecified atom stereocenters. The Bertz CT molecular complexity index is 223. The molecule has 1 aliphatic carbocycles. The highest BCUT2D eigenvalue weighted by Gasteiger charge is 2.12. The Balaban J connectivity index is 2.48. The van der Waals surface area contributed by atoms with Crippen molar-refractivity contribution in [3.63, 3.8) is 0 Å². The summed E-state index contributed by atoms with van der Waals surface area (Å²) in [6.45, 7) is 4.17. The monoisotopic (exact) mass is 210 g/mol. The van der Waals surface area contributed by atoms with Crippen LogP contribution in [0.3, 0.4) is 0 Å². The molecule has 0 aromatic carbocycles. The molecule has 15 heavy (non-hydrogen) atoms. The predicted octanol–water partition coefficient (Wildman–Crippen LogP) is 3.47. The zero-order valence-electron chi connectivity index (χ0n) is 9.92. The molecule has 0 heterocycles. The van der Waals surface area contributed by atoms with Crippen LogP contribution in [0.2, 0.25) is 0 Å². The van der Waals surface area contributed by atoms with E-state index in [1.54, 1.807) is 0 Å². The van der Waals surface area contributed by atoms with E-state index in [4.69, 9.17) is 4.74 Å². The average molecular weight is 210 g/mol. The van der Waals surface area contributed by atoms with E-state index in [1.165, 1.54) is 38.5 Å². The van der Waals surface area contributed by atoms with Gasteiger partial charge in [0.2, 0.25) is 0 Å². The van der Waals surface area contributed by atoms with E-state index in [-0.39, 0.29) is 5.97 Å². The van der Waals surface area contributed by atoms with Crippen molar-refractivity contribution >= 4 is 5.97 Å². The van der Waals surface area contributed by atoms with Gasteiger partial charge in [0.25, 0.3) is 0 Å². The number of hydrogen-bond acceptors (Lipinski definition) is 2. The number of hydrogen-bond donors (Lipinski definition) is 0. The zero-order chi connectivity index (χ0) is 11.1. The average Bonchev–Trinajstić information content (AvgIpc) is 2.46. The van der Waals surface area contributed by atoms with E-state index >= 15 is 0 Å². The maximum absolute atomic E-state index is 11.4. The summed E-state index contributed by atoms with van der Waals surface area (Å²) >= 11 is 0. The molecule has 0 saturated heterocycles. The minimum atomic E-state index is -0.151. The standard InChI is InChI=1S/C13H22O2/c1-3-15-13(14)11(2)10-12-8-6-4-5-7-9-12/h10,12H,3-9H2,1-2H3. The Labute approximate surface area is 92.7 Å². The van der Waals surface area contributed by atoms with Crippen LogP contribution >= 0.6 is 0 Å². The van der Waals surface area contributed by atoms with Crippen LogP contribution in [0.4, 0.5) is 0 Å². The summed E-state index contributed by atoms with van der Waals surface area (Å²) in [5.41, 5.74) is 0.781. The van der Waals surface area contributed by atoms with Gasteiger partial charge in [0.05, 0.1) is 6.61 Å². The van der Waals surface area contributed by atoms with Crippen LogP contribution in [0.1, 0.15) is 52.4 Å². The van der Waals surface area contributed by atoms with E-state index in [2.05, 4.69) is 6.08 Å². The molecule has 0 aromatic rings. The van der Waals surface area contributed by atoms with Crippen LogP contribution < -0.4 is 0 Å². The Hall–Kier alpha value is -0.790. The molecule has 1 rings (SSSR count). The largest absolute Gasteiger partial charge is 0.463 e. The van der Waals surface area contributed by atoms with Gasteiger partial charge < -0.3 is 4.74 Å². The van der Waals surface area contributed by atoms with Crippen LogP contribution in [0.25, 0.3) is 0 Å². The molecular formula is C13H22O2. The molecule has 1 fully saturated rings. The third-order valence-corrected chi connectivity index (χ3v) is 2.98. The van der Waals surface area contributed by atoms with Crippen LogP contribution in [-0.2, 0) is 9.53 Å². The van der Waals surface area contributed by atoms with E-state index in [9.17, 15) is 4.79 Å². The first-order chi connectivity index (χ1) is 7.24. The summed E-state index contributed by atoms with van der Waals surface area (Å²) in [6, 6.07) is 0. The first-order valence-corrected chi connectivity index (χ1v) is 6.09. The summed E-state index contributed by atoms with van der Waals surface area (Å²) in [5, 5.41) is 0. The van der Waals surface area contributed by atoms with E-state index < -0.39 is 0 Å². The molecule has 0 spiro atoms. The number of esters is 1. The molecule has 0 aliphatic heterocycles. The molecule has 2 nitrogen and oxygen atoms in total. The Kier molecular flexibility index (Phi) is 5.44. The molecule has 0 N–H and O–H groups in total. The molecule has 0 amide bonds. The summed E-state index contributed by atoms with van der Waals surface area (Å²) in [7, 11) is 0. The summed E-state index contributed by atoms with van der Waals surface area (Å²) < 4.78 is 4.97. The van der Waals surface area contributed by atoms with Crippen molar-refractivity contribution in [3.05, 3.63) is 11.6 Å². The number of ether oxygens (including phenoxy) is 1. The molecule has 0 atom stereocenters. The second-order valence-corrected chi connectivity index (χ2v) is 4.32. The van der Waals surface area contributed by atoms with Gasteiger partial charge in [-0.3, -0.25) is 0 Å². The van der Waals surface area contributed by atoms with Gasteiger partial charge in [0, 0.05) is 5.57 Å². The highest BCUT2D eigenvalue weighted by Crippen LogP contribution is 2.24. The molecule has 0 bridgehead atoms. The van der Waals surface area contributed by atoms with Crippen LogP contribution in [0.15, 0.2) is 11.6 Å². The van der Waals surface area contributed by atoms with Crippen LogP contribution in [0, 0.1) is 5.92 Å². The van der Waals surface area contributed by atoms with Crippen molar-refractivity contribution in [2.45, 2.75) is 52.4 Å². The second-order valence-electron chi connectivity index (χ2n) is 4.32. The van der Waals surface area contributed by atoms with Crippen molar-refractivity contribution in [2.75, 3.05) is 6.61 Å². The molecular weight excluding hydrogens is 188 g/mol. The van der Waals surface area contributed by atoms with Crippen molar-refractivity contribution in [3.8, 4) is 0 Å². The first-order valence-electron chi connectivity index (χ1n) is 6.09. The zero-order valence-corrected chi connectivity index (χ0v) is 9.92. The van der Waals surface area contributed by atoms with Gasteiger partial charge in [-0.05, 0) is 32.6 Å². The van der Waals surface area contributed by atoms with Crippen molar-refractivity contribution in [2.24, 2.45) is 5.92 Å². The minimum absolute atomic E-state index is 0.151. The number of carbonyl (C=O) groups is 1. The van der Waals surface area contributed by atoms with E-state index in [1.807, 2.05) is 13.8 Å². The Morgan fingerprint density at radius 3 is 2.40 bits per heavy atom. The van der Waals surface area contributed by atoms with Gasteiger partial charge in [-0.2, -0.15) is 0 Å². The quantitative estimate of drug-likeness (QED) is 0.405. The lowest BCUT2D eigenvalue weighted by Gasteiger charge is -2.10. The van der Waals surface area contributed by atoms with Crippen LogP contribution in [0.5, 0.6) is 0 Å². The lowest BCUT2D eigenvalue weighted by molar-refractivity contribution is -0.138. The van der Waals surface area contributed by atoms with Gasteiger partial charge in [-0.15, -0.1) is 0 Å². The lowest BCUT2D eigenvalue weighted by atomic mass is 9.98. The summed E-state index contributed by atoms with van der Waals surface area (Å²) in [4.78, 5) is 11.4. The van der Waals surface area contributed by atoms with Gasteiger partial charge in [0.1, 0.15) is 0 Å². The maximum Gasteiger partial charge on any atom is 0.333 e. The molecule has 86 valence electrons. The van der Waals surface area contributed by atoms with E-state index in [0.29, 0.717) is 12.5 Å². The normalized spacial score (nSPS) is 19.7. The fourth-order valence-electron chi connectivity index (χ4n) is 2.14. The molecule has 0 aromatic heterocycles. The van der Waals surface area contributed by atoms with Crippen molar-refractivity contribution in [1.29, 1.82) is 0 Å².